The Morgan fingerprint density at radius 3 is 2.25 bits per heavy atom. The number of hydrogen-bond donors (Lipinski definition) is 1. The lowest BCUT2D eigenvalue weighted by Crippen LogP contribution is -2.47. The molecule has 0 radical (unpaired) electrons. The normalized spacial score (nSPS) is 18.6. The van der Waals surface area contributed by atoms with Crippen LogP contribution < -0.4 is 5.32 Å². The molecule has 1 aromatic rings. The van der Waals surface area contributed by atoms with Crippen LogP contribution in [0.4, 0.5) is 0 Å². The molecule has 0 spiro atoms. The summed E-state index contributed by atoms with van der Waals surface area (Å²) in [4.78, 5) is 14.4. The third-order valence-electron chi connectivity index (χ3n) is 4.42. The van der Waals surface area contributed by atoms with Gasteiger partial charge in [0.05, 0.1) is 5.92 Å². The van der Waals surface area contributed by atoms with E-state index in [1.165, 1.54) is 5.56 Å². The van der Waals surface area contributed by atoms with Gasteiger partial charge in [0.15, 0.2) is 0 Å². The molecule has 0 aliphatic carbocycles. The number of piperazine rings is 1. The van der Waals surface area contributed by atoms with E-state index in [1.807, 2.05) is 11.8 Å². The maximum atomic E-state index is 12.5. The molecule has 0 saturated carbocycles. The number of nitrogens with one attached hydrogen (secondary N) is 1. The van der Waals surface area contributed by atoms with E-state index < -0.39 is 0 Å². The van der Waals surface area contributed by atoms with Gasteiger partial charge in [-0.25, -0.2) is 0 Å². The van der Waals surface area contributed by atoms with Crippen LogP contribution in [-0.2, 0) is 4.79 Å². The van der Waals surface area contributed by atoms with Gasteiger partial charge in [-0.1, -0.05) is 38.1 Å². The summed E-state index contributed by atoms with van der Waals surface area (Å²) in [5.41, 5.74) is 2.48. The first-order valence-corrected chi connectivity index (χ1v) is 7.72. The average Bonchev–Trinajstić information content (AvgIpc) is 2.53. The summed E-state index contributed by atoms with van der Waals surface area (Å²) in [6.45, 7) is 9.93. The van der Waals surface area contributed by atoms with Gasteiger partial charge in [-0.2, -0.15) is 0 Å². The van der Waals surface area contributed by atoms with Gasteiger partial charge < -0.3 is 10.2 Å². The largest absolute Gasteiger partial charge is 0.340 e. The molecule has 1 N–H and O–H groups in total. The zero-order valence-corrected chi connectivity index (χ0v) is 12.9. The highest BCUT2D eigenvalue weighted by Gasteiger charge is 2.23. The van der Waals surface area contributed by atoms with Gasteiger partial charge >= 0.3 is 0 Å². The van der Waals surface area contributed by atoms with Crippen molar-refractivity contribution in [2.75, 3.05) is 26.2 Å². The first-order chi connectivity index (χ1) is 9.63. The molecule has 1 amide bonds. The van der Waals surface area contributed by atoms with Crippen LogP contribution in [0.15, 0.2) is 24.3 Å². The van der Waals surface area contributed by atoms with Crippen molar-refractivity contribution in [3.8, 4) is 0 Å². The van der Waals surface area contributed by atoms with Gasteiger partial charge in [0, 0.05) is 26.2 Å². The van der Waals surface area contributed by atoms with Crippen LogP contribution in [0.5, 0.6) is 0 Å². The van der Waals surface area contributed by atoms with Crippen molar-refractivity contribution >= 4 is 5.91 Å². The van der Waals surface area contributed by atoms with Gasteiger partial charge in [0.2, 0.25) is 5.91 Å². The highest BCUT2D eigenvalue weighted by Crippen LogP contribution is 2.23. The second-order valence-corrected chi connectivity index (χ2v) is 5.77. The Kier molecular flexibility index (Phi) is 5.18. The van der Waals surface area contributed by atoms with E-state index in [1.54, 1.807) is 0 Å². The van der Waals surface area contributed by atoms with Crippen LogP contribution in [0.2, 0.25) is 0 Å². The minimum Gasteiger partial charge on any atom is -0.340 e. The molecule has 2 rings (SSSR count). The van der Waals surface area contributed by atoms with Crippen molar-refractivity contribution in [2.24, 2.45) is 0 Å². The fourth-order valence-electron chi connectivity index (χ4n) is 2.65. The fourth-order valence-corrected chi connectivity index (χ4v) is 2.65. The van der Waals surface area contributed by atoms with E-state index in [4.69, 9.17) is 0 Å². The predicted molar refractivity (Wildman–Crippen MR) is 83.0 cm³/mol. The molecule has 1 aromatic carbocycles. The molecular weight excluding hydrogens is 248 g/mol. The van der Waals surface area contributed by atoms with Gasteiger partial charge in [0.1, 0.15) is 0 Å². The Balaban J connectivity index is 2.04. The van der Waals surface area contributed by atoms with Crippen molar-refractivity contribution < 1.29 is 4.79 Å². The summed E-state index contributed by atoms with van der Waals surface area (Å²) < 4.78 is 0. The van der Waals surface area contributed by atoms with Crippen LogP contribution in [0.1, 0.15) is 50.2 Å². The SMILES string of the molecule is CCC(C)c1ccc(C(C)C(=O)N2CCNCC2)cc1. The molecule has 0 aromatic heterocycles. The third kappa shape index (κ3) is 3.40. The van der Waals surface area contributed by atoms with Crippen LogP contribution in [0, 0.1) is 0 Å². The van der Waals surface area contributed by atoms with Crippen LogP contribution >= 0.6 is 0 Å². The summed E-state index contributed by atoms with van der Waals surface area (Å²) in [6, 6.07) is 8.58. The number of nitrogens with zero attached hydrogens (tertiary/aromatic N) is 1. The standard InChI is InChI=1S/C17H26N2O/c1-4-13(2)15-5-7-16(8-6-15)14(3)17(20)19-11-9-18-10-12-19/h5-8,13-14,18H,4,9-12H2,1-3H3. The first kappa shape index (κ1) is 15.0. The number of amides is 1. The zero-order valence-electron chi connectivity index (χ0n) is 12.9. The summed E-state index contributed by atoms with van der Waals surface area (Å²) >= 11 is 0. The molecule has 3 nitrogen and oxygen atoms in total. The number of carbonyl (C=O) groups excluding carboxylic acids is 1. The zero-order chi connectivity index (χ0) is 14.5. The molecule has 1 heterocycles. The number of hydrogen-bond acceptors (Lipinski definition) is 2. The molecule has 1 saturated heterocycles. The Hall–Kier alpha value is -1.35. The van der Waals surface area contributed by atoms with Crippen LogP contribution in [-0.4, -0.2) is 37.0 Å². The van der Waals surface area contributed by atoms with Crippen molar-refractivity contribution in [3.63, 3.8) is 0 Å². The molecule has 0 bridgehead atoms. The molecule has 2 unspecified atom stereocenters. The minimum absolute atomic E-state index is 0.0425. The molecule has 2 atom stereocenters. The summed E-state index contributed by atoms with van der Waals surface area (Å²) in [5, 5.41) is 3.28. The van der Waals surface area contributed by atoms with Crippen LogP contribution in [0.25, 0.3) is 0 Å². The van der Waals surface area contributed by atoms with Crippen LogP contribution in [0.3, 0.4) is 0 Å². The quantitative estimate of drug-likeness (QED) is 0.915. The van der Waals surface area contributed by atoms with Gasteiger partial charge in [-0.3, -0.25) is 4.79 Å². The Morgan fingerprint density at radius 2 is 1.70 bits per heavy atom. The first-order valence-electron chi connectivity index (χ1n) is 7.72. The lowest BCUT2D eigenvalue weighted by molar-refractivity contribution is -0.133. The maximum absolute atomic E-state index is 12.5. The Labute approximate surface area is 122 Å². The van der Waals surface area contributed by atoms with E-state index >= 15 is 0 Å². The molecule has 20 heavy (non-hydrogen) atoms. The third-order valence-corrected chi connectivity index (χ3v) is 4.42. The van der Waals surface area contributed by atoms with E-state index in [9.17, 15) is 4.79 Å². The van der Waals surface area contributed by atoms with Gasteiger partial charge in [0.25, 0.3) is 0 Å². The van der Waals surface area contributed by atoms with E-state index in [-0.39, 0.29) is 11.8 Å². The summed E-state index contributed by atoms with van der Waals surface area (Å²) in [7, 11) is 0. The number of benzene rings is 1. The number of carbonyl (C=O) groups is 1. The molecular formula is C17H26N2O. The molecule has 3 heteroatoms. The van der Waals surface area contributed by atoms with Crippen molar-refractivity contribution in [1.82, 2.24) is 10.2 Å². The molecule has 110 valence electrons. The Morgan fingerprint density at radius 1 is 1.15 bits per heavy atom. The Bertz CT molecular complexity index is 435. The maximum Gasteiger partial charge on any atom is 0.229 e. The van der Waals surface area contributed by atoms with E-state index in [0.29, 0.717) is 5.92 Å². The molecule has 1 aliphatic heterocycles. The molecule has 1 aliphatic rings. The smallest absolute Gasteiger partial charge is 0.229 e. The summed E-state index contributed by atoms with van der Waals surface area (Å²) in [6.07, 6.45) is 1.15. The topological polar surface area (TPSA) is 32.3 Å². The summed E-state index contributed by atoms with van der Waals surface area (Å²) in [5.74, 6) is 0.796. The monoisotopic (exact) mass is 274 g/mol. The van der Waals surface area contributed by atoms with E-state index in [0.717, 1.165) is 38.2 Å². The fraction of sp³-hybridized carbons (Fsp3) is 0.588. The second kappa shape index (κ2) is 6.89. The lowest BCUT2D eigenvalue weighted by atomic mass is 9.93. The highest BCUT2D eigenvalue weighted by atomic mass is 16.2. The van der Waals surface area contributed by atoms with Crippen molar-refractivity contribution in [3.05, 3.63) is 35.4 Å². The second-order valence-electron chi connectivity index (χ2n) is 5.77. The van der Waals surface area contributed by atoms with Gasteiger partial charge in [-0.05, 0) is 30.4 Å². The van der Waals surface area contributed by atoms with Crippen molar-refractivity contribution in [1.29, 1.82) is 0 Å². The average molecular weight is 274 g/mol. The predicted octanol–water partition coefficient (Wildman–Crippen LogP) is 2.74. The number of rotatable bonds is 4. The molecule has 1 fully saturated rings. The van der Waals surface area contributed by atoms with E-state index in [2.05, 4.69) is 43.4 Å². The minimum atomic E-state index is -0.0425. The van der Waals surface area contributed by atoms with Gasteiger partial charge in [-0.15, -0.1) is 0 Å². The van der Waals surface area contributed by atoms with Crippen molar-refractivity contribution in [2.45, 2.75) is 39.0 Å². The lowest BCUT2D eigenvalue weighted by Gasteiger charge is -2.30. The highest BCUT2D eigenvalue weighted by molar-refractivity contribution is 5.83.